The number of hydrogen-bond donors (Lipinski definition) is 2. The Morgan fingerprint density at radius 1 is 1.23 bits per heavy atom. The Balaban J connectivity index is 2.41. The van der Waals surface area contributed by atoms with E-state index in [1.165, 1.54) is 32.0 Å². The van der Waals surface area contributed by atoms with Crippen LogP contribution in [0.2, 0.25) is 0 Å². The number of halogens is 5. The summed E-state index contributed by atoms with van der Waals surface area (Å²) in [4.78, 5) is 15.5. The Bertz CT molecular complexity index is 828. The molecule has 2 N–H and O–H groups in total. The molecular weight excluding hydrogens is 361 g/mol. The Morgan fingerprint density at radius 3 is 2.35 bits per heavy atom. The Hall–Kier alpha value is -2.65. The number of anilines is 1. The van der Waals surface area contributed by atoms with E-state index in [9.17, 15) is 31.9 Å². The van der Waals surface area contributed by atoms with Crippen LogP contribution in [0.4, 0.5) is 27.9 Å². The fourth-order valence-electron chi connectivity index (χ4n) is 2.18. The van der Waals surface area contributed by atoms with Gasteiger partial charge < -0.3 is 9.67 Å². The van der Waals surface area contributed by atoms with E-state index in [1.807, 2.05) is 0 Å². The molecular formula is C16H16F5N3O2. The summed E-state index contributed by atoms with van der Waals surface area (Å²) in [6.45, 7) is 4.73. The summed E-state index contributed by atoms with van der Waals surface area (Å²) < 4.78 is 65.7. The second-order valence-corrected chi connectivity index (χ2v) is 6.00. The molecule has 1 aromatic carbocycles. The van der Waals surface area contributed by atoms with Crippen molar-refractivity contribution in [2.24, 2.45) is 0 Å². The van der Waals surface area contributed by atoms with Crippen LogP contribution >= 0.6 is 0 Å². The number of rotatable bonds is 4. The van der Waals surface area contributed by atoms with E-state index in [4.69, 9.17) is 0 Å². The zero-order valence-corrected chi connectivity index (χ0v) is 14.0. The number of carbonyl (C=O) groups is 1. The monoisotopic (exact) mass is 377 g/mol. The molecule has 1 amide bonds. The van der Waals surface area contributed by atoms with Crippen LogP contribution in [0.5, 0.6) is 5.75 Å². The highest BCUT2D eigenvalue weighted by Gasteiger charge is 2.60. The fraction of sp³-hybridized carbons (Fsp3) is 0.375. The van der Waals surface area contributed by atoms with E-state index in [0.717, 1.165) is 4.57 Å². The summed E-state index contributed by atoms with van der Waals surface area (Å²) in [5.41, 5.74) is -1.02. The van der Waals surface area contributed by atoms with Crippen molar-refractivity contribution in [3.63, 3.8) is 0 Å². The Morgan fingerprint density at radius 2 is 1.85 bits per heavy atom. The molecule has 0 aliphatic heterocycles. The van der Waals surface area contributed by atoms with Gasteiger partial charge in [-0.25, -0.2) is 4.98 Å². The van der Waals surface area contributed by atoms with E-state index >= 15 is 0 Å². The minimum Gasteiger partial charge on any atom is -0.507 e. The first-order chi connectivity index (χ1) is 11.8. The second-order valence-electron chi connectivity index (χ2n) is 6.00. The Labute approximate surface area is 145 Å². The molecule has 0 fully saturated rings. The second kappa shape index (κ2) is 6.58. The van der Waals surface area contributed by atoms with Crippen LogP contribution in [-0.4, -0.2) is 26.7 Å². The molecule has 0 radical (unpaired) electrons. The first kappa shape index (κ1) is 19.7. The third-order valence-corrected chi connectivity index (χ3v) is 3.59. The van der Waals surface area contributed by atoms with Gasteiger partial charge in [0.15, 0.2) is 0 Å². The van der Waals surface area contributed by atoms with Crippen LogP contribution in [-0.2, 0) is 5.92 Å². The molecule has 0 spiro atoms. The lowest BCUT2D eigenvalue weighted by atomic mass is 10.1. The van der Waals surface area contributed by atoms with Gasteiger partial charge in [0.1, 0.15) is 11.4 Å². The number of hydrogen-bond acceptors (Lipinski definition) is 3. The average molecular weight is 377 g/mol. The molecule has 0 atom stereocenters. The number of aryl methyl sites for hydroxylation is 1. The summed E-state index contributed by atoms with van der Waals surface area (Å²) in [6, 6.07) is 3.59. The maximum atomic E-state index is 13.5. The molecule has 10 heteroatoms. The van der Waals surface area contributed by atoms with Crippen molar-refractivity contribution in [3.05, 3.63) is 41.2 Å². The molecule has 0 saturated carbocycles. The number of benzene rings is 1. The molecule has 0 aliphatic carbocycles. The van der Waals surface area contributed by atoms with Crippen molar-refractivity contribution in [2.45, 2.75) is 38.9 Å². The maximum absolute atomic E-state index is 13.5. The lowest BCUT2D eigenvalue weighted by molar-refractivity contribution is -0.290. The molecule has 0 aliphatic rings. The summed E-state index contributed by atoms with van der Waals surface area (Å²) in [5.74, 6) is -6.90. The van der Waals surface area contributed by atoms with E-state index < -0.39 is 35.7 Å². The summed E-state index contributed by atoms with van der Waals surface area (Å²) >= 11 is 0. The van der Waals surface area contributed by atoms with Gasteiger partial charge in [-0.2, -0.15) is 22.0 Å². The smallest absolute Gasteiger partial charge is 0.459 e. The normalized spacial score (nSPS) is 12.5. The highest BCUT2D eigenvalue weighted by Crippen LogP contribution is 2.44. The largest absolute Gasteiger partial charge is 0.507 e. The van der Waals surface area contributed by atoms with Gasteiger partial charge in [0.25, 0.3) is 5.91 Å². The zero-order chi connectivity index (χ0) is 19.9. The van der Waals surface area contributed by atoms with Crippen LogP contribution in [0.3, 0.4) is 0 Å². The number of alkyl halides is 5. The lowest BCUT2D eigenvalue weighted by Gasteiger charge is -2.16. The number of aromatic hydroxyl groups is 1. The standard InChI is InChI=1S/C16H16F5N3O2/c1-8(2)24-7-12(15(17,18)16(19,20)21)22-14(24)23-13(26)10-5-4-9(3)6-11(10)25/h4-8,25H,1-3H3,(H,22,23,26). The van der Waals surface area contributed by atoms with Crippen LogP contribution in [0.25, 0.3) is 0 Å². The number of aromatic nitrogens is 2. The summed E-state index contributed by atoms with van der Waals surface area (Å²) in [6.07, 6.45) is -5.28. The van der Waals surface area contributed by atoms with E-state index in [1.54, 1.807) is 6.92 Å². The van der Waals surface area contributed by atoms with Crippen molar-refractivity contribution in [3.8, 4) is 5.75 Å². The van der Waals surface area contributed by atoms with Crippen LogP contribution in [0.15, 0.2) is 24.4 Å². The number of imidazole rings is 1. The van der Waals surface area contributed by atoms with Crippen molar-refractivity contribution in [1.82, 2.24) is 9.55 Å². The number of phenols is 1. The molecule has 1 aromatic heterocycles. The van der Waals surface area contributed by atoms with Gasteiger partial charge in [0.05, 0.1) is 5.56 Å². The van der Waals surface area contributed by atoms with Gasteiger partial charge in [0.2, 0.25) is 5.95 Å². The van der Waals surface area contributed by atoms with Crippen molar-refractivity contribution in [2.75, 3.05) is 5.32 Å². The quantitative estimate of drug-likeness (QED) is 0.777. The van der Waals surface area contributed by atoms with Crippen LogP contribution in [0, 0.1) is 6.92 Å². The minimum absolute atomic E-state index is 0.168. The van der Waals surface area contributed by atoms with Gasteiger partial charge >= 0.3 is 12.1 Å². The highest BCUT2D eigenvalue weighted by molar-refractivity contribution is 6.05. The van der Waals surface area contributed by atoms with E-state index in [0.29, 0.717) is 11.8 Å². The summed E-state index contributed by atoms with van der Waals surface area (Å²) in [7, 11) is 0. The fourth-order valence-corrected chi connectivity index (χ4v) is 2.18. The van der Waals surface area contributed by atoms with Gasteiger partial charge in [-0.15, -0.1) is 0 Å². The lowest BCUT2D eigenvalue weighted by Crippen LogP contribution is -2.34. The maximum Gasteiger partial charge on any atom is 0.459 e. The molecule has 0 unspecified atom stereocenters. The number of nitrogens with one attached hydrogen (secondary N) is 1. The van der Waals surface area contributed by atoms with E-state index in [-0.39, 0.29) is 11.3 Å². The molecule has 1 heterocycles. The van der Waals surface area contributed by atoms with Gasteiger partial charge in [0, 0.05) is 12.2 Å². The number of phenolic OH excluding ortho intramolecular Hbond substituents is 1. The SMILES string of the molecule is Cc1ccc(C(=O)Nc2nc(C(F)(F)C(F)(F)F)cn2C(C)C)c(O)c1. The molecule has 5 nitrogen and oxygen atoms in total. The third kappa shape index (κ3) is 3.63. The van der Waals surface area contributed by atoms with Crippen molar-refractivity contribution in [1.29, 1.82) is 0 Å². The van der Waals surface area contributed by atoms with Gasteiger partial charge in [-0.3, -0.25) is 10.1 Å². The topological polar surface area (TPSA) is 67.2 Å². The molecule has 0 bridgehead atoms. The molecule has 26 heavy (non-hydrogen) atoms. The van der Waals surface area contributed by atoms with Crippen LogP contribution in [0.1, 0.15) is 41.5 Å². The van der Waals surface area contributed by atoms with Crippen molar-refractivity contribution >= 4 is 11.9 Å². The first-order valence-electron chi connectivity index (χ1n) is 7.49. The number of carbonyl (C=O) groups excluding carboxylic acids is 1. The van der Waals surface area contributed by atoms with E-state index in [2.05, 4.69) is 10.3 Å². The zero-order valence-electron chi connectivity index (χ0n) is 14.0. The van der Waals surface area contributed by atoms with Crippen molar-refractivity contribution < 1.29 is 31.9 Å². The summed E-state index contributed by atoms with van der Waals surface area (Å²) in [5, 5.41) is 12.0. The van der Waals surface area contributed by atoms with Gasteiger partial charge in [-0.05, 0) is 38.5 Å². The third-order valence-electron chi connectivity index (χ3n) is 3.59. The number of nitrogens with zero attached hydrogens (tertiary/aromatic N) is 2. The van der Waals surface area contributed by atoms with Gasteiger partial charge in [-0.1, -0.05) is 6.07 Å². The predicted molar refractivity (Wildman–Crippen MR) is 83.4 cm³/mol. The molecule has 2 aromatic rings. The number of amides is 1. The molecule has 2 rings (SSSR count). The highest BCUT2D eigenvalue weighted by atomic mass is 19.4. The average Bonchev–Trinajstić information content (AvgIpc) is 2.90. The predicted octanol–water partition coefficient (Wildman–Crippen LogP) is 4.38. The molecule has 142 valence electrons. The molecule has 0 saturated heterocycles. The Kier molecular flexibility index (Phi) is 4.98. The minimum atomic E-state index is -5.82. The first-order valence-corrected chi connectivity index (χ1v) is 7.49. The van der Waals surface area contributed by atoms with Crippen LogP contribution < -0.4 is 5.32 Å².